The SMILES string of the molecule is CC(C)c1c(Br)c(Br)nn1C(C)C(=O)N(C)C. The van der Waals surface area contributed by atoms with Crippen LogP contribution in [-0.4, -0.2) is 34.7 Å². The average molecular weight is 367 g/mol. The van der Waals surface area contributed by atoms with Gasteiger partial charge in [-0.2, -0.15) is 5.10 Å². The summed E-state index contributed by atoms with van der Waals surface area (Å²) in [6.45, 7) is 6.02. The van der Waals surface area contributed by atoms with Gasteiger partial charge in [0.15, 0.2) is 0 Å². The Hall–Kier alpha value is -0.360. The fourth-order valence-electron chi connectivity index (χ4n) is 1.69. The zero-order chi connectivity index (χ0) is 13.3. The van der Waals surface area contributed by atoms with Crippen LogP contribution in [0.1, 0.15) is 38.4 Å². The van der Waals surface area contributed by atoms with Crippen LogP contribution in [-0.2, 0) is 4.79 Å². The van der Waals surface area contributed by atoms with Crippen LogP contribution in [0.4, 0.5) is 0 Å². The first-order chi connectivity index (χ1) is 7.77. The molecule has 96 valence electrons. The van der Waals surface area contributed by atoms with Crippen LogP contribution >= 0.6 is 31.9 Å². The van der Waals surface area contributed by atoms with Gasteiger partial charge >= 0.3 is 0 Å². The van der Waals surface area contributed by atoms with Crippen molar-refractivity contribution in [2.45, 2.75) is 32.7 Å². The van der Waals surface area contributed by atoms with Gasteiger partial charge in [0.1, 0.15) is 10.6 Å². The average Bonchev–Trinajstić information content (AvgIpc) is 2.53. The van der Waals surface area contributed by atoms with Crippen LogP contribution in [0.2, 0.25) is 0 Å². The van der Waals surface area contributed by atoms with Gasteiger partial charge in [0, 0.05) is 14.1 Å². The summed E-state index contributed by atoms with van der Waals surface area (Å²) >= 11 is 6.89. The van der Waals surface area contributed by atoms with Crippen LogP contribution < -0.4 is 0 Å². The number of aromatic nitrogens is 2. The van der Waals surface area contributed by atoms with Gasteiger partial charge in [0.2, 0.25) is 5.91 Å². The highest BCUT2D eigenvalue weighted by molar-refractivity contribution is 9.13. The molecular formula is C11H17Br2N3O. The molecule has 0 aromatic carbocycles. The molecule has 0 radical (unpaired) electrons. The Morgan fingerprint density at radius 1 is 1.29 bits per heavy atom. The van der Waals surface area contributed by atoms with E-state index in [2.05, 4.69) is 50.8 Å². The van der Waals surface area contributed by atoms with Gasteiger partial charge in [-0.05, 0) is 44.7 Å². The highest BCUT2D eigenvalue weighted by atomic mass is 79.9. The molecule has 0 bridgehead atoms. The number of nitrogens with zero attached hydrogens (tertiary/aromatic N) is 3. The molecule has 1 rings (SSSR count). The van der Waals surface area contributed by atoms with Crippen molar-refractivity contribution in [2.75, 3.05) is 14.1 Å². The molecule has 1 unspecified atom stereocenters. The minimum atomic E-state index is -0.301. The maximum absolute atomic E-state index is 12.0. The van der Waals surface area contributed by atoms with E-state index in [9.17, 15) is 4.79 Å². The molecule has 1 aromatic heterocycles. The molecule has 0 spiro atoms. The molecule has 0 N–H and O–H groups in total. The van der Waals surface area contributed by atoms with E-state index >= 15 is 0 Å². The summed E-state index contributed by atoms with van der Waals surface area (Å²) in [6, 6.07) is -0.301. The zero-order valence-corrected chi connectivity index (χ0v) is 13.8. The van der Waals surface area contributed by atoms with E-state index in [-0.39, 0.29) is 11.9 Å². The maximum atomic E-state index is 12.0. The first-order valence-corrected chi connectivity index (χ1v) is 7.00. The van der Waals surface area contributed by atoms with Crippen molar-refractivity contribution in [1.29, 1.82) is 0 Å². The Bertz CT molecular complexity index is 427. The van der Waals surface area contributed by atoms with Crippen molar-refractivity contribution in [3.8, 4) is 0 Å². The van der Waals surface area contributed by atoms with Gasteiger partial charge < -0.3 is 4.90 Å². The van der Waals surface area contributed by atoms with E-state index in [4.69, 9.17) is 0 Å². The monoisotopic (exact) mass is 365 g/mol. The van der Waals surface area contributed by atoms with Crippen molar-refractivity contribution in [3.63, 3.8) is 0 Å². The fourth-order valence-corrected chi connectivity index (χ4v) is 2.78. The highest BCUT2D eigenvalue weighted by Gasteiger charge is 2.25. The quantitative estimate of drug-likeness (QED) is 0.823. The summed E-state index contributed by atoms with van der Waals surface area (Å²) in [5, 5.41) is 4.37. The van der Waals surface area contributed by atoms with Crippen molar-refractivity contribution in [2.24, 2.45) is 0 Å². The van der Waals surface area contributed by atoms with Crippen LogP contribution in [0.25, 0.3) is 0 Å². The lowest BCUT2D eigenvalue weighted by atomic mass is 10.1. The molecule has 17 heavy (non-hydrogen) atoms. The number of likely N-dealkylation sites (N-methyl/N-ethyl adjacent to an activating group) is 1. The number of carbonyl (C=O) groups is 1. The first-order valence-electron chi connectivity index (χ1n) is 5.41. The number of hydrogen-bond donors (Lipinski definition) is 0. The van der Waals surface area contributed by atoms with E-state index in [1.807, 2.05) is 6.92 Å². The largest absolute Gasteiger partial charge is 0.347 e. The summed E-state index contributed by atoms with van der Waals surface area (Å²) in [5.41, 5.74) is 1.03. The summed E-state index contributed by atoms with van der Waals surface area (Å²) in [6.07, 6.45) is 0. The van der Waals surface area contributed by atoms with E-state index in [0.29, 0.717) is 5.92 Å². The van der Waals surface area contributed by atoms with Gasteiger partial charge in [-0.1, -0.05) is 13.8 Å². The molecular weight excluding hydrogens is 350 g/mol. The standard InChI is InChI=1S/C11H17Br2N3O/c1-6(2)9-8(12)10(13)14-16(9)7(3)11(17)15(4)5/h6-7H,1-5H3. The second kappa shape index (κ2) is 5.52. The molecule has 0 saturated carbocycles. The normalized spacial score (nSPS) is 12.9. The van der Waals surface area contributed by atoms with Gasteiger partial charge in [-0.25, -0.2) is 0 Å². The topological polar surface area (TPSA) is 38.1 Å². The number of halogens is 2. The number of rotatable bonds is 3. The summed E-state index contributed by atoms with van der Waals surface area (Å²) in [4.78, 5) is 13.6. The molecule has 1 atom stereocenters. The number of amides is 1. The minimum Gasteiger partial charge on any atom is -0.347 e. The summed E-state index contributed by atoms with van der Waals surface area (Å²) < 4.78 is 3.44. The predicted octanol–water partition coefficient (Wildman–Crippen LogP) is 3.18. The lowest BCUT2D eigenvalue weighted by Gasteiger charge is -2.20. The van der Waals surface area contributed by atoms with E-state index in [0.717, 1.165) is 14.8 Å². The Morgan fingerprint density at radius 2 is 1.82 bits per heavy atom. The minimum absolute atomic E-state index is 0.0365. The maximum Gasteiger partial charge on any atom is 0.246 e. The van der Waals surface area contributed by atoms with E-state index in [1.54, 1.807) is 23.7 Å². The van der Waals surface area contributed by atoms with Crippen LogP contribution in [0.15, 0.2) is 9.08 Å². The first kappa shape index (κ1) is 14.7. The molecule has 1 heterocycles. The molecule has 1 amide bonds. The van der Waals surface area contributed by atoms with Crippen LogP contribution in [0, 0.1) is 0 Å². The number of hydrogen-bond acceptors (Lipinski definition) is 2. The smallest absolute Gasteiger partial charge is 0.246 e. The van der Waals surface area contributed by atoms with Gasteiger partial charge in [0.05, 0.1) is 10.2 Å². The third kappa shape index (κ3) is 2.91. The molecule has 0 aliphatic rings. The second-order valence-corrected chi connectivity index (χ2v) is 6.04. The third-order valence-electron chi connectivity index (χ3n) is 2.56. The summed E-state index contributed by atoms with van der Waals surface area (Å²) in [7, 11) is 3.50. The Kier molecular flexibility index (Phi) is 4.77. The Balaban J connectivity index is 3.22. The molecule has 0 aliphatic carbocycles. The van der Waals surface area contributed by atoms with E-state index in [1.165, 1.54) is 0 Å². The Morgan fingerprint density at radius 3 is 2.24 bits per heavy atom. The van der Waals surface area contributed by atoms with Crippen LogP contribution in [0.5, 0.6) is 0 Å². The third-order valence-corrected chi connectivity index (χ3v) is 4.43. The lowest BCUT2D eigenvalue weighted by molar-refractivity contribution is -0.132. The Labute approximate surface area is 119 Å². The zero-order valence-electron chi connectivity index (χ0n) is 10.7. The van der Waals surface area contributed by atoms with Crippen molar-refractivity contribution in [3.05, 3.63) is 14.8 Å². The van der Waals surface area contributed by atoms with Crippen molar-refractivity contribution < 1.29 is 4.79 Å². The molecule has 4 nitrogen and oxygen atoms in total. The van der Waals surface area contributed by atoms with Crippen LogP contribution in [0.3, 0.4) is 0 Å². The molecule has 0 saturated heterocycles. The molecule has 1 aromatic rings. The predicted molar refractivity (Wildman–Crippen MR) is 75.1 cm³/mol. The summed E-state index contributed by atoms with van der Waals surface area (Å²) in [5.74, 6) is 0.329. The van der Waals surface area contributed by atoms with Crippen molar-refractivity contribution in [1.82, 2.24) is 14.7 Å². The van der Waals surface area contributed by atoms with Gasteiger partial charge in [-0.15, -0.1) is 0 Å². The molecule has 0 fully saturated rings. The second-order valence-electron chi connectivity index (χ2n) is 4.50. The molecule has 6 heteroatoms. The van der Waals surface area contributed by atoms with Crippen molar-refractivity contribution >= 4 is 37.8 Å². The molecule has 0 aliphatic heterocycles. The number of carbonyl (C=O) groups excluding carboxylic acids is 1. The van der Waals surface area contributed by atoms with E-state index < -0.39 is 0 Å². The van der Waals surface area contributed by atoms with Gasteiger partial charge in [0.25, 0.3) is 0 Å². The lowest BCUT2D eigenvalue weighted by Crippen LogP contribution is -2.31. The highest BCUT2D eigenvalue weighted by Crippen LogP contribution is 2.33. The van der Waals surface area contributed by atoms with Gasteiger partial charge in [-0.3, -0.25) is 9.48 Å². The fraction of sp³-hybridized carbons (Fsp3) is 0.636.